The van der Waals surface area contributed by atoms with Gasteiger partial charge in [-0.15, -0.1) is 12.4 Å². The molecular formula is C27H34ClFN2O3S. The Balaban J connectivity index is 0.00000253. The molecule has 8 heteroatoms. The number of piperidine rings is 1. The van der Waals surface area contributed by atoms with Crippen LogP contribution in [0.25, 0.3) is 0 Å². The van der Waals surface area contributed by atoms with Crippen LogP contribution in [0.1, 0.15) is 42.9 Å². The maximum Gasteiger partial charge on any atom is 0.235 e. The predicted octanol–water partition coefficient (Wildman–Crippen LogP) is 4.55. The lowest BCUT2D eigenvalue weighted by atomic mass is 9.87. The van der Waals surface area contributed by atoms with E-state index < -0.39 is 10.0 Å². The summed E-state index contributed by atoms with van der Waals surface area (Å²) < 4.78 is 48.2. The standard InChI is InChI=1S/C27H33FN2O3S.ClH/c1-3-27(20-10-21(28)12-22(11-20)29-34(31,32)23-8-9-23)24-15-30(16-25(24)27)17-26(33-2)13-18-6-4-5-7-19(18)14-26;/h4-7,10-12,23-25,29H,3,8-9,13-17H2,1-2H3;1H. The van der Waals surface area contributed by atoms with E-state index in [-0.39, 0.29) is 34.5 Å². The zero-order valence-corrected chi connectivity index (χ0v) is 21.9. The van der Waals surface area contributed by atoms with Crippen molar-refractivity contribution in [3.05, 3.63) is 65.0 Å². The first-order valence-corrected chi connectivity index (χ1v) is 14.0. The number of fused-ring (bicyclic) bond motifs is 2. The minimum Gasteiger partial charge on any atom is -0.376 e. The quantitative estimate of drug-likeness (QED) is 0.555. The van der Waals surface area contributed by atoms with Crippen molar-refractivity contribution in [1.82, 2.24) is 4.90 Å². The van der Waals surface area contributed by atoms with Crippen LogP contribution < -0.4 is 4.72 Å². The number of halogens is 2. The van der Waals surface area contributed by atoms with E-state index in [0.29, 0.717) is 30.4 Å². The maximum absolute atomic E-state index is 14.6. The van der Waals surface area contributed by atoms with E-state index in [0.717, 1.165) is 44.5 Å². The number of nitrogens with zero attached hydrogens (tertiary/aromatic N) is 1. The van der Waals surface area contributed by atoms with Crippen molar-refractivity contribution in [2.75, 3.05) is 31.5 Å². The van der Waals surface area contributed by atoms with Crippen molar-refractivity contribution in [3.8, 4) is 0 Å². The Kier molecular flexibility index (Phi) is 6.23. The number of rotatable bonds is 8. The van der Waals surface area contributed by atoms with Crippen molar-refractivity contribution in [2.45, 2.75) is 55.3 Å². The van der Waals surface area contributed by atoms with Crippen LogP contribution in [-0.2, 0) is 33.0 Å². The van der Waals surface area contributed by atoms with Gasteiger partial charge in [-0.2, -0.15) is 0 Å². The number of sulfonamides is 1. The third kappa shape index (κ3) is 4.18. The zero-order chi connectivity index (χ0) is 23.7. The molecular weight excluding hydrogens is 487 g/mol. The van der Waals surface area contributed by atoms with E-state index in [9.17, 15) is 12.8 Å². The second kappa shape index (κ2) is 8.72. The molecule has 3 fully saturated rings. The third-order valence-electron chi connectivity index (χ3n) is 8.94. The number of ether oxygens (including phenoxy) is 1. The molecule has 4 aliphatic rings. The normalized spacial score (nSPS) is 28.8. The first kappa shape index (κ1) is 25.0. The highest BCUT2D eigenvalue weighted by atomic mass is 35.5. The van der Waals surface area contributed by atoms with E-state index in [2.05, 4.69) is 40.8 Å². The van der Waals surface area contributed by atoms with E-state index in [1.54, 1.807) is 6.07 Å². The molecule has 35 heavy (non-hydrogen) atoms. The molecule has 2 saturated carbocycles. The first-order chi connectivity index (χ1) is 16.3. The van der Waals surface area contributed by atoms with Crippen LogP contribution >= 0.6 is 12.4 Å². The van der Waals surface area contributed by atoms with Crippen molar-refractivity contribution < 1.29 is 17.5 Å². The topological polar surface area (TPSA) is 58.6 Å². The molecule has 5 nitrogen and oxygen atoms in total. The smallest absolute Gasteiger partial charge is 0.235 e. The Morgan fingerprint density at radius 2 is 1.71 bits per heavy atom. The molecule has 1 saturated heterocycles. The van der Waals surface area contributed by atoms with Gasteiger partial charge < -0.3 is 4.74 Å². The summed E-state index contributed by atoms with van der Waals surface area (Å²) in [5.74, 6) is 0.553. The molecule has 0 spiro atoms. The first-order valence-electron chi connectivity index (χ1n) is 12.5. The van der Waals surface area contributed by atoms with Gasteiger partial charge in [-0.05, 0) is 66.0 Å². The van der Waals surface area contributed by atoms with Gasteiger partial charge in [0, 0.05) is 45.0 Å². The molecule has 0 radical (unpaired) electrons. The Morgan fingerprint density at radius 3 is 2.26 bits per heavy atom. The number of anilines is 1. The van der Waals surface area contributed by atoms with Crippen LogP contribution in [0.5, 0.6) is 0 Å². The lowest BCUT2D eigenvalue weighted by molar-refractivity contribution is -0.0276. The van der Waals surface area contributed by atoms with Crippen LogP contribution in [0.4, 0.5) is 10.1 Å². The van der Waals surface area contributed by atoms with E-state index >= 15 is 0 Å². The van der Waals surface area contributed by atoms with Gasteiger partial charge in [-0.3, -0.25) is 9.62 Å². The fraction of sp³-hybridized carbons (Fsp3) is 0.556. The molecule has 2 atom stereocenters. The lowest BCUT2D eigenvalue weighted by Gasteiger charge is -2.35. The fourth-order valence-corrected chi connectivity index (χ4v) is 8.40. The molecule has 6 rings (SSSR count). The average Bonchev–Trinajstić information content (AvgIpc) is 3.67. The summed E-state index contributed by atoms with van der Waals surface area (Å²) in [6, 6.07) is 13.4. The molecule has 1 aliphatic heterocycles. The Bertz CT molecular complexity index is 1200. The maximum atomic E-state index is 14.6. The van der Waals surface area contributed by atoms with Crippen LogP contribution in [-0.4, -0.2) is 50.9 Å². The highest BCUT2D eigenvalue weighted by molar-refractivity contribution is 7.93. The van der Waals surface area contributed by atoms with Gasteiger partial charge in [0.25, 0.3) is 0 Å². The monoisotopic (exact) mass is 520 g/mol. The van der Waals surface area contributed by atoms with E-state index in [1.807, 2.05) is 13.2 Å². The molecule has 2 unspecified atom stereocenters. The summed E-state index contributed by atoms with van der Waals surface area (Å²) in [5.41, 5.74) is 3.82. The zero-order valence-electron chi connectivity index (χ0n) is 20.3. The van der Waals surface area contributed by atoms with Crippen LogP contribution in [0, 0.1) is 17.7 Å². The molecule has 0 bridgehead atoms. The lowest BCUT2D eigenvalue weighted by Crippen LogP contribution is -2.46. The van der Waals surface area contributed by atoms with Crippen LogP contribution in [0.3, 0.4) is 0 Å². The largest absolute Gasteiger partial charge is 0.376 e. The van der Waals surface area contributed by atoms with Gasteiger partial charge in [0.1, 0.15) is 5.82 Å². The third-order valence-corrected chi connectivity index (χ3v) is 10.8. The summed E-state index contributed by atoms with van der Waals surface area (Å²) in [5, 5.41) is -0.331. The van der Waals surface area contributed by atoms with Gasteiger partial charge in [-0.1, -0.05) is 31.2 Å². The van der Waals surface area contributed by atoms with Crippen molar-refractivity contribution in [2.24, 2.45) is 11.8 Å². The predicted molar refractivity (Wildman–Crippen MR) is 138 cm³/mol. The van der Waals surface area contributed by atoms with Gasteiger partial charge in [0.2, 0.25) is 10.0 Å². The second-order valence-electron chi connectivity index (χ2n) is 10.9. The molecule has 3 aliphatic carbocycles. The highest BCUT2D eigenvalue weighted by Gasteiger charge is 2.67. The van der Waals surface area contributed by atoms with Gasteiger partial charge in [0.15, 0.2) is 0 Å². The molecule has 0 aromatic heterocycles. The molecule has 190 valence electrons. The second-order valence-corrected chi connectivity index (χ2v) is 12.8. The SMILES string of the molecule is CCC1(c2cc(F)cc(NS(=O)(=O)C3CC3)c2)C2CN(CC3(OC)Cc4ccccc4C3)CC21.Cl. The Morgan fingerprint density at radius 1 is 1.09 bits per heavy atom. The number of likely N-dealkylation sites (tertiary alicyclic amines) is 1. The van der Waals surface area contributed by atoms with Crippen molar-refractivity contribution in [3.63, 3.8) is 0 Å². The number of nitrogens with one attached hydrogen (secondary N) is 1. The van der Waals surface area contributed by atoms with Crippen LogP contribution in [0.2, 0.25) is 0 Å². The highest BCUT2D eigenvalue weighted by Crippen LogP contribution is 2.65. The van der Waals surface area contributed by atoms with Gasteiger partial charge in [-0.25, -0.2) is 12.8 Å². The Hall–Kier alpha value is -1.67. The molecule has 1 heterocycles. The van der Waals surface area contributed by atoms with Gasteiger partial charge >= 0.3 is 0 Å². The molecule has 2 aromatic carbocycles. The summed E-state index contributed by atoms with van der Waals surface area (Å²) in [4.78, 5) is 2.52. The number of hydrogen-bond acceptors (Lipinski definition) is 4. The van der Waals surface area contributed by atoms with E-state index in [1.165, 1.54) is 17.2 Å². The molecule has 0 amide bonds. The average molecular weight is 521 g/mol. The summed E-state index contributed by atoms with van der Waals surface area (Å²) in [6.07, 6.45) is 4.18. The number of methoxy groups -OCH3 is 1. The summed E-state index contributed by atoms with van der Waals surface area (Å²) >= 11 is 0. The number of benzene rings is 2. The minimum atomic E-state index is -3.42. The molecule has 2 aromatic rings. The van der Waals surface area contributed by atoms with Gasteiger partial charge in [0.05, 0.1) is 16.5 Å². The van der Waals surface area contributed by atoms with Crippen LogP contribution in [0.15, 0.2) is 42.5 Å². The minimum absolute atomic E-state index is 0. The number of hydrogen-bond donors (Lipinski definition) is 1. The summed E-state index contributed by atoms with van der Waals surface area (Å²) in [6.45, 7) is 5.02. The fourth-order valence-electron chi connectivity index (χ4n) is 7.03. The summed E-state index contributed by atoms with van der Waals surface area (Å²) in [7, 11) is -1.59. The Labute approximate surface area is 213 Å². The van der Waals surface area contributed by atoms with E-state index in [4.69, 9.17) is 4.74 Å². The molecule has 1 N–H and O–H groups in total. The van der Waals surface area contributed by atoms with Crippen molar-refractivity contribution >= 4 is 28.1 Å². The van der Waals surface area contributed by atoms with Crippen molar-refractivity contribution in [1.29, 1.82) is 0 Å².